The van der Waals surface area contributed by atoms with Crippen LogP contribution in [0.25, 0.3) is 0 Å². The molecule has 1 aromatic rings. The van der Waals surface area contributed by atoms with Crippen molar-refractivity contribution in [3.63, 3.8) is 0 Å². The molecule has 1 aliphatic heterocycles. The van der Waals surface area contributed by atoms with E-state index < -0.39 is 0 Å². The smallest absolute Gasteiger partial charge is 0.123 e. The van der Waals surface area contributed by atoms with E-state index in [2.05, 4.69) is 12.2 Å². The minimum Gasteiger partial charge on any atom is -0.306 e. The van der Waals surface area contributed by atoms with Gasteiger partial charge in [-0.2, -0.15) is 11.8 Å². The number of nitrogens with one attached hydrogen (secondary N) is 1. The molecule has 2 unspecified atom stereocenters. The van der Waals surface area contributed by atoms with Gasteiger partial charge in [0.2, 0.25) is 0 Å². The SMILES string of the molecule is CCC(NC1CCSC1)c1ccc(F)cc1. The zero-order chi connectivity index (χ0) is 11.4. The number of hydrogen-bond donors (Lipinski definition) is 1. The molecule has 2 atom stereocenters. The molecule has 2 rings (SSSR count). The van der Waals surface area contributed by atoms with Gasteiger partial charge in [0.25, 0.3) is 0 Å². The van der Waals surface area contributed by atoms with Crippen molar-refractivity contribution in [3.8, 4) is 0 Å². The Bertz CT molecular complexity index is 319. The van der Waals surface area contributed by atoms with Crippen molar-refractivity contribution < 1.29 is 4.39 Å². The van der Waals surface area contributed by atoms with Gasteiger partial charge in [-0.3, -0.25) is 0 Å². The summed E-state index contributed by atoms with van der Waals surface area (Å²) in [6.07, 6.45) is 2.30. The summed E-state index contributed by atoms with van der Waals surface area (Å²) in [7, 11) is 0. The van der Waals surface area contributed by atoms with Crippen LogP contribution in [-0.4, -0.2) is 17.5 Å². The van der Waals surface area contributed by atoms with E-state index in [1.54, 1.807) is 12.1 Å². The Labute approximate surface area is 101 Å². The maximum Gasteiger partial charge on any atom is 0.123 e. The van der Waals surface area contributed by atoms with Crippen LogP contribution < -0.4 is 5.32 Å². The fourth-order valence-corrected chi connectivity index (χ4v) is 3.26. The summed E-state index contributed by atoms with van der Waals surface area (Å²) in [4.78, 5) is 0. The summed E-state index contributed by atoms with van der Waals surface area (Å²) in [5.41, 5.74) is 1.20. The maximum atomic E-state index is 12.8. The van der Waals surface area contributed by atoms with Gasteiger partial charge in [0.05, 0.1) is 0 Å². The molecule has 1 heterocycles. The molecular weight excluding hydrogens is 221 g/mol. The lowest BCUT2D eigenvalue weighted by atomic mass is 10.0. The predicted octanol–water partition coefficient (Wildman–Crippen LogP) is 3.37. The minimum absolute atomic E-state index is 0.157. The lowest BCUT2D eigenvalue weighted by Gasteiger charge is -2.21. The van der Waals surface area contributed by atoms with E-state index in [-0.39, 0.29) is 5.82 Å². The highest BCUT2D eigenvalue weighted by atomic mass is 32.2. The summed E-state index contributed by atoms with van der Waals surface area (Å²) in [6.45, 7) is 2.17. The van der Waals surface area contributed by atoms with E-state index in [1.807, 2.05) is 23.9 Å². The van der Waals surface area contributed by atoms with Crippen molar-refractivity contribution in [3.05, 3.63) is 35.6 Å². The molecular formula is C13H18FNS. The number of benzene rings is 1. The monoisotopic (exact) mass is 239 g/mol. The minimum atomic E-state index is -0.157. The van der Waals surface area contributed by atoms with Gasteiger partial charge in [-0.05, 0) is 36.3 Å². The van der Waals surface area contributed by atoms with Crippen molar-refractivity contribution in [1.82, 2.24) is 5.32 Å². The number of rotatable bonds is 4. The van der Waals surface area contributed by atoms with Crippen LogP contribution >= 0.6 is 11.8 Å². The van der Waals surface area contributed by atoms with Crippen LogP contribution in [-0.2, 0) is 0 Å². The van der Waals surface area contributed by atoms with Gasteiger partial charge in [0.1, 0.15) is 5.82 Å². The third-order valence-electron chi connectivity index (χ3n) is 3.05. The van der Waals surface area contributed by atoms with E-state index >= 15 is 0 Å². The second-order valence-electron chi connectivity index (χ2n) is 4.24. The Morgan fingerprint density at radius 2 is 2.19 bits per heavy atom. The fraction of sp³-hybridized carbons (Fsp3) is 0.538. The number of halogens is 1. The second-order valence-corrected chi connectivity index (χ2v) is 5.39. The largest absolute Gasteiger partial charge is 0.306 e. The van der Waals surface area contributed by atoms with Crippen LogP contribution in [0.1, 0.15) is 31.4 Å². The molecule has 1 aromatic carbocycles. The Morgan fingerprint density at radius 3 is 2.75 bits per heavy atom. The van der Waals surface area contributed by atoms with Gasteiger partial charge in [0, 0.05) is 17.8 Å². The third-order valence-corrected chi connectivity index (χ3v) is 4.21. The summed E-state index contributed by atoms with van der Waals surface area (Å²) < 4.78 is 12.8. The maximum absolute atomic E-state index is 12.8. The number of thioether (sulfide) groups is 1. The van der Waals surface area contributed by atoms with Gasteiger partial charge in [-0.25, -0.2) is 4.39 Å². The van der Waals surface area contributed by atoms with E-state index in [1.165, 1.54) is 23.5 Å². The molecule has 1 saturated heterocycles. The first-order valence-electron chi connectivity index (χ1n) is 5.89. The second kappa shape index (κ2) is 5.69. The Kier molecular flexibility index (Phi) is 4.24. The van der Waals surface area contributed by atoms with Gasteiger partial charge < -0.3 is 5.32 Å². The molecule has 0 saturated carbocycles. The third kappa shape index (κ3) is 2.98. The zero-order valence-corrected chi connectivity index (χ0v) is 10.4. The summed E-state index contributed by atoms with van der Waals surface area (Å²) in [5, 5.41) is 3.66. The average Bonchev–Trinajstić information content (AvgIpc) is 2.80. The summed E-state index contributed by atoms with van der Waals surface area (Å²) >= 11 is 2.01. The molecule has 1 aliphatic rings. The highest BCUT2D eigenvalue weighted by molar-refractivity contribution is 7.99. The lowest BCUT2D eigenvalue weighted by Crippen LogP contribution is -2.32. The molecule has 0 radical (unpaired) electrons. The lowest BCUT2D eigenvalue weighted by molar-refractivity contribution is 0.450. The number of hydrogen-bond acceptors (Lipinski definition) is 2. The zero-order valence-electron chi connectivity index (χ0n) is 9.58. The van der Waals surface area contributed by atoms with Crippen LogP contribution in [0.3, 0.4) is 0 Å². The fourth-order valence-electron chi connectivity index (χ4n) is 2.10. The molecule has 0 spiro atoms. The molecule has 3 heteroatoms. The van der Waals surface area contributed by atoms with Crippen LogP contribution in [0.4, 0.5) is 4.39 Å². The van der Waals surface area contributed by atoms with Gasteiger partial charge in [0.15, 0.2) is 0 Å². The molecule has 0 bridgehead atoms. The summed E-state index contributed by atoms with van der Waals surface area (Å²) in [6, 6.07) is 7.85. The first-order chi connectivity index (χ1) is 7.79. The van der Waals surface area contributed by atoms with E-state index in [4.69, 9.17) is 0 Å². The molecule has 0 amide bonds. The molecule has 16 heavy (non-hydrogen) atoms. The van der Waals surface area contributed by atoms with Crippen LogP contribution in [0.5, 0.6) is 0 Å². The topological polar surface area (TPSA) is 12.0 Å². The molecule has 0 aromatic heterocycles. The Hall–Kier alpha value is -0.540. The normalized spacial score (nSPS) is 22.2. The van der Waals surface area contributed by atoms with Crippen LogP contribution in [0, 0.1) is 5.82 Å². The van der Waals surface area contributed by atoms with Crippen molar-refractivity contribution in [2.45, 2.75) is 31.8 Å². The molecule has 1 nitrogen and oxygen atoms in total. The van der Waals surface area contributed by atoms with Crippen molar-refractivity contribution in [1.29, 1.82) is 0 Å². The predicted molar refractivity (Wildman–Crippen MR) is 68.3 cm³/mol. The van der Waals surface area contributed by atoms with E-state index in [0.717, 1.165) is 6.42 Å². The molecule has 1 fully saturated rings. The van der Waals surface area contributed by atoms with E-state index in [0.29, 0.717) is 12.1 Å². The average molecular weight is 239 g/mol. The van der Waals surface area contributed by atoms with E-state index in [9.17, 15) is 4.39 Å². The van der Waals surface area contributed by atoms with Gasteiger partial charge in [-0.15, -0.1) is 0 Å². The standard InChI is InChI=1S/C13H18FNS/c1-2-13(15-12-7-8-16-9-12)10-3-5-11(14)6-4-10/h3-6,12-13,15H,2,7-9H2,1H3. The molecule has 88 valence electrons. The Morgan fingerprint density at radius 1 is 1.44 bits per heavy atom. The van der Waals surface area contributed by atoms with Crippen LogP contribution in [0.2, 0.25) is 0 Å². The van der Waals surface area contributed by atoms with Crippen LogP contribution in [0.15, 0.2) is 24.3 Å². The van der Waals surface area contributed by atoms with Gasteiger partial charge >= 0.3 is 0 Å². The molecule has 0 aliphatic carbocycles. The highest BCUT2D eigenvalue weighted by Gasteiger charge is 2.19. The van der Waals surface area contributed by atoms with Gasteiger partial charge in [-0.1, -0.05) is 19.1 Å². The molecule has 1 N–H and O–H groups in total. The first kappa shape index (κ1) is 11.9. The Balaban J connectivity index is 2.00. The van der Waals surface area contributed by atoms with Crippen molar-refractivity contribution in [2.24, 2.45) is 0 Å². The summed E-state index contributed by atoms with van der Waals surface area (Å²) in [5.74, 6) is 2.31. The highest BCUT2D eigenvalue weighted by Crippen LogP contribution is 2.23. The quantitative estimate of drug-likeness (QED) is 0.864. The van der Waals surface area contributed by atoms with Crippen molar-refractivity contribution >= 4 is 11.8 Å². The van der Waals surface area contributed by atoms with Crippen molar-refractivity contribution in [2.75, 3.05) is 11.5 Å². The first-order valence-corrected chi connectivity index (χ1v) is 7.04.